The molecule has 0 amide bonds. The van der Waals surface area contributed by atoms with Gasteiger partial charge in [-0.25, -0.2) is 4.39 Å². The fourth-order valence-electron chi connectivity index (χ4n) is 4.77. The fourth-order valence-corrected chi connectivity index (χ4v) is 4.77. The SMILES string of the molecule is CC(C)(CN1CCC(C2c3ccc(F)cc3COc3ccccc32)CC1)C(=O)O. The summed E-state index contributed by atoms with van der Waals surface area (Å²) < 4.78 is 19.9. The Bertz CT molecular complexity index is 903. The third kappa shape index (κ3) is 4.01. The van der Waals surface area contributed by atoms with Crippen LogP contribution in [-0.2, 0) is 11.4 Å². The number of nitrogens with zero attached hydrogens (tertiary/aromatic N) is 1. The number of likely N-dealkylation sites (tertiary alicyclic amines) is 1. The summed E-state index contributed by atoms with van der Waals surface area (Å²) in [7, 11) is 0. The number of carboxylic acid groups (broad SMARTS) is 1. The quantitative estimate of drug-likeness (QED) is 0.814. The second-order valence-corrected chi connectivity index (χ2v) is 8.95. The Morgan fingerprint density at radius 2 is 1.90 bits per heavy atom. The van der Waals surface area contributed by atoms with E-state index in [4.69, 9.17) is 4.74 Å². The Balaban J connectivity index is 1.60. The number of halogens is 1. The lowest BCUT2D eigenvalue weighted by molar-refractivity contribution is -0.148. The lowest BCUT2D eigenvalue weighted by Gasteiger charge is -2.39. The molecule has 0 saturated carbocycles. The number of piperidine rings is 1. The van der Waals surface area contributed by atoms with Crippen LogP contribution in [0.5, 0.6) is 5.75 Å². The average Bonchev–Trinajstić information content (AvgIpc) is 2.85. The van der Waals surface area contributed by atoms with Gasteiger partial charge in [-0.15, -0.1) is 0 Å². The molecule has 4 rings (SSSR count). The first-order valence-electron chi connectivity index (χ1n) is 10.3. The molecule has 0 aliphatic carbocycles. The molecule has 1 fully saturated rings. The lowest BCUT2D eigenvalue weighted by Crippen LogP contribution is -2.43. The van der Waals surface area contributed by atoms with Crippen LogP contribution in [0, 0.1) is 17.2 Å². The molecule has 29 heavy (non-hydrogen) atoms. The van der Waals surface area contributed by atoms with Gasteiger partial charge in [-0.2, -0.15) is 0 Å². The van der Waals surface area contributed by atoms with E-state index in [1.54, 1.807) is 26.0 Å². The molecule has 0 bridgehead atoms. The van der Waals surface area contributed by atoms with Crippen molar-refractivity contribution in [1.29, 1.82) is 0 Å². The van der Waals surface area contributed by atoms with E-state index in [1.807, 2.05) is 24.3 Å². The van der Waals surface area contributed by atoms with E-state index in [0.717, 1.165) is 42.8 Å². The summed E-state index contributed by atoms with van der Waals surface area (Å²) in [4.78, 5) is 13.7. The largest absolute Gasteiger partial charge is 0.489 e. The molecule has 4 nitrogen and oxygen atoms in total. The molecule has 0 spiro atoms. The molecular formula is C24H28FNO3. The third-order valence-corrected chi connectivity index (χ3v) is 6.38. The van der Waals surface area contributed by atoms with Crippen molar-refractivity contribution in [1.82, 2.24) is 4.90 Å². The van der Waals surface area contributed by atoms with Crippen molar-refractivity contribution in [2.24, 2.45) is 11.3 Å². The fraction of sp³-hybridized carbons (Fsp3) is 0.458. The maximum absolute atomic E-state index is 13.9. The zero-order valence-corrected chi connectivity index (χ0v) is 17.0. The predicted octanol–water partition coefficient (Wildman–Crippen LogP) is 4.67. The Kier molecular flexibility index (Phi) is 5.34. The number of hydrogen-bond acceptors (Lipinski definition) is 3. The molecule has 2 aliphatic rings. The lowest BCUT2D eigenvalue weighted by atomic mass is 9.74. The minimum Gasteiger partial charge on any atom is -0.489 e. The molecule has 1 unspecified atom stereocenters. The average molecular weight is 397 g/mol. The molecule has 0 radical (unpaired) electrons. The first kappa shape index (κ1) is 19.9. The van der Waals surface area contributed by atoms with Gasteiger partial charge in [0.05, 0.1) is 5.41 Å². The van der Waals surface area contributed by atoms with Gasteiger partial charge in [0, 0.05) is 18.0 Å². The van der Waals surface area contributed by atoms with E-state index in [0.29, 0.717) is 19.1 Å². The van der Waals surface area contributed by atoms with E-state index < -0.39 is 11.4 Å². The first-order chi connectivity index (χ1) is 13.8. The van der Waals surface area contributed by atoms with Crippen LogP contribution < -0.4 is 4.74 Å². The molecular weight excluding hydrogens is 369 g/mol. The van der Waals surface area contributed by atoms with Crippen LogP contribution in [0.1, 0.15) is 49.3 Å². The maximum Gasteiger partial charge on any atom is 0.310 e. The highest BCUT2D eigenvalue weighted by atomic mass is 19.1. The number of rotatable bonds is 4. The number of carboxylic acids is 1. The van der Waals surface area contributed by atoms with Gasteiger partial charge in [-0.3, -0.25) is 4.79 Å². The summed E-state index contributed by atoms with van der Waals surface area (Å²) in [5.41, 5.74) is 2.49. The van der Waals surface area contributed by atoms with E-state index in [-0.39, 0.29) is 11.7 Å². The smallest absolute Gasteiger partial charge is 0.310 e. The number of para-hydroxylation sites is 1. The van der Waals surface area contributed by atoms with Crippen molar-refractivity contribution >= 4 is 5.97 Å². The Labute approximate surface area is 171 Å². The van der Waals surface area contributed by atoms with E-state index in [2.05, 4.69) is 11.0 Å². The van der Waals surface area contributed by atoms with Crippen molar-refractivity contribution in [3.63, 3.8) is 0 Å². The highest BCUT2D eigenvalue weighted by Gasteiger charge is 2.36. The summed E-state index contributed by atoms with van der Waals surface area (Å²) in [6, 6.07) is 13.2. The van der Waals surface area contributed by atoms with Crippen LogP contribution in [0.4, 0.5) is 4.39 Å². The Morgan fingerprint density at radius 3 is 2.62 bits per heavy atom. The second kappa shape index (κ2) is 7.79. The first-order valence-corrected chi connectivity index (χ1v) is 10.3. The number of ether oxygens (including phenoxy) is 1. The molecule has 2 aliphatic heterocycles. The summed E-state index contributed by atoms with van der Waals surface area (Å²) in [6.45, 7) is 6.25. The van der Waals surface area contributed by atoms with Crippen molar-refractivity contribution in [2.75, 3.05) is 19.6 Å². The number of benzene rings is 2. The normalized spacial score (nSPS) is 20.3. The van der Waals surface area contributed by atoms with Gasteiger partial charge in [-0.1, -0.05) is 24.3 Å². The minimum absolute atomic E-state index is 0.166. The second-order valence-electron chi connectivity index (χ2n) is 8.95. The zero-order valence-electron chi connectivity index (χ0n) is 17.0. The number of hydrogen-bond donors (Lipinski definition) is 1. The summed E-state index contributed by atoms with van der Waals surface area (Å²) in [5.74, 6) is 0.460. The molecule has 1 N–H and O–H groups in total. The number of fused-ring (bicyclic) bond motifs is 2. The van der Waals surface area contributed by atoms with Gasteiger partial charge in [0.15, 0.2) is 0 Å². The van der Waals surface area contributed by atoms with Crippen LogP contribution in [0.25, 0.3) is 0 Å². The van der Waals surface area contributed by atoms with Gasteiger partial charge >= 0.3 is 5.97 Å². The molecule has 0 aromatic heterocycles. The predicted molar refractivity (Wildman–Crippen MR) is 110 cm³/mol. The van der Waals surface area contributed by atoms with E-state index >= 15 is 0 Å². The highest BCUT2D eigenvalue weighted by molar-refractivity contribution is 5.73. The summed E-state index contributed by atoms with van der Waals surface area (Å²) in [5, 5.41) is 9.43. The third-order valence-electron chi connectivity index (χ3n) is 6.38. The summed E-state index contributed by atoms with van der Waals surface area (Å²) >= 11 is 0. The van der Waals surface area contributed by atoms with Gasteiger partial charge < -0.3 is 14.7 Å². The van der Waals surface area contributed by atoms with E-state index in [1.165, 1.54) is 5.56 Å². The van der Waals surface area contributed by atoms with Crippen LogP contribution in [-0.4, -0.2) is 35.6 Å². The van der Waals surface area contributed by atoms with Crippen molar-refractivity contribution in [2.45, 2.75) is 39.2 Å². The van der Waals surface area contributed by atoms with Crippen LogP contribution in [0.15, 0.2) is 42.5 Å². The summed E-state index contributed by atoms with van der Waals surface area (Å²) in [6.07, 6.45) is 1.96. The maximum atomic E-state index is 13.9. The van der Waals surface area contributed by atoms with Gasteiger partial charge in [0.1, 0.15) is 18.2 Å². The highest BCUT2D eigenvalue weighted by Crippen LogP contribution is 2.45. The van der Waals surface area contributed by atoms with E-state index in [9.17, 15) is 14.3 Å². The van der Waals surface area contributed by atoms with Gasteiger partial charge in [0.2, 0.25) is 0 Å². The molecule has 2 aromatic rings. The van der Waals surface area contributed by atoms with Gasteiger partial charge in [-0.05, 0) is 75.0 Å². The molecule has 5 heteroatoms. The number of aliphatic carboxylic acids is 1. The number of carbonyl (C=O) groups is 1. The Hall–Kier alpha value is -2.40. The molecule has 2 heterocycles. The molecule has 154 valence electrons. The zero-order chi connectivity index (χ0) is 20.6. The molecule has 1 saturated heterocycles. The van der Waals surface area contributed by atoms with Crippen LogP contribution in [0.2, 0.25) is 0 Å². The van der Waals surface area contributed by atoms with Crippen molar-refractivity contribution in [3.8, 4) is 5.75 Å². The van der Waals surface area contributed by atoms with Crippen molar-refractivity contribution < 1.29 is 19.0 Å². The van der Waals surface area contributed by atoms with Crippen molar-refractivity contribution in [3.05, 3.63) is 65.0 Å². The minimum atomic E-state index is -0.759. The van der Waals surface area contributed by atoms with Crippen LogP contribution in [0.3, 0.4) is 0 Å². The van der Waals surface area contributed by atoms with Gasteiger partial charge in [0.25, 0.3) is 0 Å². The molecule has 2 aromatic carbocycles. The van der Waals surface area contributed by atoms with Crippen LogP contribution >= 0.6 is 0 Å². The topological polar surface area (TPSA) is 49.8 Å². The molecule has 1 atom stereocenters. The monoisotopic (exact) mass is 397 g/mol. The Morgan fingerprint density at radius 1 is 1.17 bits per heavy atom. The standard InChI is InChI=1S/C24H28FNO3/c1-24(2,23(27)28)15-26-11-9-16(10-12-26)22-19-8-7-18(25)13-17(19)14-29-21-6-4-3-5-20(21)22/h3-8,13,16,22H,9-12,14-15H2,1-2H3,(H,27,28).